The van der Waals surface area contributed by atoms with Crippen molar-refractivity contribution in [3.05, 3.63) is 0 Å². The average Bonchev–Trinajstić information content (AvgIpc) is 2.69. The average molecular weight is 318 g/mol. The molecule has 0 aromatic carbocycles. The smallest absolute Gasteiger partial charge is 0.137 e. The largest absolute Gasteiger partial charge is 0.390 e. The van der Waals surface area contributed by atoms with Crippen LogP contribution in [0, 0.1) is 34.5 Å². The molecule has 0 amide bonds. The van der Waals surface area contributed by atoms with E-state index in [2.05, 4.69) is 13.8 Å². The molecule has 4 fully saturated rings. The molecule has 0 heterocycles. The predicted octanol–water partition coefficient (Wildman–Crippen LogP) is 3.53. The molecule has 3 heteroatoms. The minimum atomic E-state index is -0.710. The summed E-state index contributed by atoms with van der Waals surface area (Å²) >= 11 is 0. The topological polar surface area (TPSA) is 54.4 Å². The van der Waals surface area contributed by atoms with Gasteiger partial charge in [0.1, 0.15) is 11.6 Å². The molecule has 0 radical (unpaired) electrons. The first-order valence-electron chi connectivity index (χ1n) is 9.46. The second-order valence-electron chi connectivity index (χ2n) is 9.64. The van der Waals surface area contributed by atoms with E-state index in [0.29, 0.717) is 48.6 Å². The van der Waals surface area contributed by atoms with Crippen LogP contribution in [-0.4, -0.2) is 22.3 Å². The van der Waals surface area contributed by atoms with Crippen molar-refractivity contribution in [2.24, 2.45) is 34.5 Å². The number of rotatable bonds is 0. The minimum Gasteiger partial charge on any atom is -0.390 e. The van der Waals surface area contributed by atoms with Crippen LogP contribution in [-0.2, 0) is 9.59 Å². The summed E-state index contributed by atoms with van der Waals surface area (Å²) in [6, 6.07) is 0. The molecule has 5 unspecified atom stereocenters. The van der Waals surface area contributed by atoms with E-state index in [-0.39, 0.29) is 16.7 Å². The third kappa shape index (κ3) is 1.92. The Bertz CT molecular complexity index is 565. The van der Waals surface area contributed by atoms with Gasteiger partial charge in [0.15, 0.2) is 0 Å². The zero-order valence-electron chi connectivity index (χ0n) is 14.7. The van der Waals surface area contributed by atoms with Gasteiger partial charge in [0.25, 0.3) is 0 Å². The molecule has 1 N–H and O–H groups in total. The fraction of sp³-hybridized carbons (Fsp3) is 0.900. The Morgan fingerprint density at radius 3 is 2.52 bits per heavy atom. The van der Waals surface area contributed by atoms with Gasteiger partial charge in [-0.25, -0.2) is 0 Å². The van der Waals surface area contributed by atoms with Crippen molar-refractivity contribution in [1.82, 2.24) is 0 Å². The number of ketones is 2. The number of fused-ring (bicyclic) bond motifs is 5. The number of carbonyl (C=O) groups is 2. The lowest BCUT2D eigenvalue weighted by Gasteiger charge is -2.59. The summed E-state index contributed by atoms with van der Waals surface area (Å²) in [4.78, 5) is 25.1. The fourth-order valence-corrected chi connectivity index (χ4v) is 7.07. The van der Waals surface area contributed by atoms with E-state index in [1.807, 2.05) is 6.92 Å². The Hall–Kier alpha value is -0.700. The highest BCUT2D eigenvalue weighted by Gasteiger charge is 2.65. The molecule has 4 rings (SSSR count). The van der Waals surface area contributed by atoms with Crippen LogP contribution in [0.2, 0.25) is 0 Å². The van der Waals surface area contributed by atoms with Crippen molar-refractivity contribution in [2.45, 2.75) is 77.7 Å². The quantitative estimate of drug-likeness (QED) is 0.743. The third-order valence-corrected chi connectivity index (χ3v) is 8.73. The SMILES string of the molecule is CC12CCC(=O)C[C@@H]1CCC1C2C(=O)CC2(C)C1CC[C@]2(C)O. The molecule has 3 nitrogen and oxygen atoms in total. The second kappa shape index (κ2) is 4.68. The van der Waals surface area contributed by atoms with Crippen LogP contribution in [0.4, 0.5) is 0 Å². The number of hydrogen-bond donors (Lipinski definition) is 1. The Labute approximate surface area is 139 Å². The normalized spacial score (nSPS) is 56.0. The predicted molar refractivity (Wildman–Crippen MR) is 87.7 cm³/mol. The summed E-state index contributed by atoms with van der Waals surface area (Å²) in [7, 11) is 0. The van der Waals surface area contributed by atoms with Gasteiger partial charge in [-0.1, -0.05) is 13.8 Å². The fourth-order valence-electron chi connectivity index (χ4n) is 7.07. The van der Waals surface area contributed by atoms with Crippen LogP contribution in [0.1, 0.15) is 72.1 Å². The van der Waals surface area contributed by atoms with Crippen molar-refractivity contribution < 1.29 is 14.7 Å². The number of carbonyl (C=O) groups excluding carboxylic acids is 2. The van der Waals surface area contributed by atoms with Crippen LogP contribution in [0.5, 0.6) is 0 Å². The van der Waals surface area contributed by atoms with Gasteiger partial charge in [0, 0.05) is 30.6 Å². The van der Waals surface area contributed by atoms with Crippen LogP contribution in [0.3, 0.4) is 0 Å². The van der Waals surface area contributed by atoms with Gasteiger partial charge < -0.3 is 5.11 Å². The van der Waals surface area contributed by atoms with E-state index >= 15 is 0 Å². The number of Topliss-reactive ketones (excluding diaryl/α,β-unsaturated/α-hetero) is 2. The maximum atomic E-state index is 13.2. The highest BCUT2D eigenvalue weighted by molar-refractivity contribution is 5.86. The zero-order valence-corrected chi connectivity index (χ0v) is 14.7. The van der Waals surface area contributed by atoms with E-state index < -0.39 is 5.60 Å². The summed E-state index contributed by atoms with van der Waals surface area (Å²) in [5.41, 5.74) is -0.943. The van der Waals surface area contributed by atoms with Crippen molar-refractivity contribution >= 4 is 11.6 Å². The molecular formula is C20H30O3. The van der Waals surface area contributed by atoms with Crippen LogP contribution in [0.15, 0.2) is 0 Å². The minimum absolute atomic E-state index is 0.0175. The Morgan fingerprint density at radius 2 is 1.78 bits per heavy atom. The Kier molecular flexibility index (Phi) is 3.22. The van der Waals surface area contributed by atoms with E-state index in [9.17, 15) is 14.7 Å². The summed E-state index contributed by atoms with van der Waals surface area (Å²) in [6.07, 6.45) is 6.80. The standard InChI is InChI=1S/C20H30O3/c1-18-8-6-13(21)10-12(18)4-5-14-15-7-9-20(3,23)19(15,2)11-16(22)17(14)18/h12,14-15,17,23H,4-11H2,1-3H3/t12-,14?,15?,17?,18?,19?,20-/m0/s1. The van der Waals surface area contributed by atoms with Crippen molar-refractivity contribution in [3.63, 3.8) is 0 Å². The van der Waals surface area contributed by atoms with Crippen molar-refractivity contribution in [2.75, 3.05) is 0 Å². The summed E-state index contributed by atoms with van der Waals surface area (Å²) < 4.78 is 0. The number of hydrogen-bond acceptors (Lipinski definition) is 3. The van der Waals surface area contributed by atoms with E-state index in [0.717, 1.165) is 32.1 Å². The molecule has 7 atom stereocenters. The molecule has 128 valence electrons. The summed E-state index contributed by atoms with van der Waals surface area (Å²) in [6.45, 7) is 6.37. The van der Waals surface area contributed by atoms with Gasteiger partial charge in [0.2, 0.25) is 0 Å². The molecule has 0 spiro atoms. The van der Waals surface area contributed by atoms with Gasteiger partial charge >= 0.3 is 0 Å². The Morgan fingerprint density at radius 1 is 1.04 bits per heavy atom. The molecule has 4 saturated carbocycles. The molecule has 0 aliphatic heterocycles. The molecule has 0 aromatic rings. The lowest BCUT2D eigenvalue weighted by atomic mass is 9.44. The summed E-state index contributed by atoms with van der Waals surface area (Å²) in [5.74, 6) is 2.18. The highest BCUT2D eigenvalue weighted by atomic mass is 16.3. The molecule has 4 aliphatic carbocycles. The molecular weight excluding hydrogens is 288 g/mol. The Balaban J connectivity index is 1.72. The van der Waals surface area contributed by atoms with Crippen molar-refractivity contribution in [3.8, 4) is 0 Å². The van der Waals surface area contributed by atoms with E-state index in [4.69, 9.17) is 0 Å². The zero-order chi connectivity index (χ0) is 16.6. The first kappa shape index (κ1) is 15.8. The van der Waals surface area contributed by atoms with Crippen LogP contribution >= 0.6 is 0 Å². The lowest BCUT2D eigenvalue weighted by Crippen LogP contribution is -2.59. The highest BCUT2D eigenvalue weighted by Crippen LogP contribution is 2.66. The lowest BCUT2D eigenvalue weighted by molar-refractivity contribution is -0.170. The molecule has 4 aliphatic rings. The monoisotopic (exact) mass is 318 g/mol. The van der Waals surface area contributed by atoms with Crippen LogP contribution in [0.25, 0.3) is 0 Å². The summed E-state index contributed by atoms with van der Waals surface area (Å²) in [5, 5.41) is 10.9. The molecule has 23 heavy (non-hydrogen) atoms. The molecule has 0 saturated heterocycles. The van der Waals surface area contributed by atoms with Crippen molar-refractivity contribution in [1.29, 1.82) is 0 Å². The maximum Gasteiger partial charge on any atom is 0.137 e. The second-order valence-corrected chi connectivity index (χ2v) is 9.64. The van der Waals surface area contributed by atoms with E-state index in [1.165, 1.54) is 0 Å². The van der Waals surface area contributed by atoms with Crippen LogP contribution < -0.4 is 0 Å². The van der Waals surface area contributed by atoms with Gasteiger partial charge in [-0.3, -0.25) is 9.59 Å². The first-order valence-corrected chi connectivity index (χ1v) is 9.46. The van der Waals surface area contributed by atoms with E-state index in [1.54, 1.807) is 0 Å². The first-order chi connectivity index (χ1) is 10.7. The third-order valence-electron chi connectivity index (χ3n) is 8.73. The molecule has 0 aromatic heterocycles. The van der Waals surface area contributed by atoms with Gasteiger partial charge in [0.05, 0.1) is 5.60 Å². The maximum absolute atomic E-state index is 13.2. The molecule has 0 bridgehead atoms. The van der Waals surface area contributed by atoms with Gasteiger partial charge in [-0.05, 0) is 62.2 Å². The van der Waals surface area contributed by atoms with Gasteiger partial charge in [-0.15, -0.1) is 0 Å². The number of aliphatic hydroxyl groups is 1. The van der Waals surface area contributed by atoms with Gasteiger partial charge in [-0.2, -0.15) is 0 Å².